The number of aldehydes is 1. The predicted octanol–water partition coefficient (Wildman–Crippen LogP) is 3.47. The van der Waals surface area contributed by atoms with Crippen molar-refractivity contribution in [2.45, 2.75) is 19.8 Å². The summed E-state index contributed by atoms with van der Waals surface area (Å²) in [6.45, 7) is 2.09. The topological polar surface area (TPSA) is 45.8 Å². The summed E-state index contributed by atoms with van der Waals surface area (Å²) in [5, 5.41) is 0. The molecule has 1 N–H and O–H groups in total. The molecule has 3 nitrogen and oxygen atoms in total. The zero-order chi connectivity index (χ0) is 13.9. The van der Waals surface area contributed by atoms with E-state index >= 15 is 0 Å². The number of aryl methyl sites for hydroxylation is 3. The average Bonchev–Trinajstić information content (AvgIpc) is 2.88. The maximum absolute atomic E-state index is 10.8. The van der Waals surface area contributed by atoms with Gasteiger partial charge < -0.3 is 4.98 Å². The molecule has 1 heterocycles. The predicted molar refractivity (Wildman–Crippen MR) is 80.1 cm³/mol. The Balaban J connectivity index is 1.77. The van der Waals surface area contributed by atoms with Crippen LogP contribution in [0.25, 0.3) is 11.0 Å². The first kappa shape index (κ1) is 12.6. The third-order valence-corrected chi connectivity index (χ3v) is 3.46. The molecule has 0 unspecified atom stereocenters. The number of H-pyrrole nitrogens is 1. The van der Waals surface area contributed by atoms with Crippen LogP contribution in [0.2, 0.25) is 0 Å². The van der Waals surface area contributed by atoms with Crippen LogP contribution in [0, 0.1) is 6.92 Å². The van der Waals surface area contributed by atoms with Gasteiger partial charge in [0.1, 0.15) is 12.1 Å². The van der Waals surface area contributed by atoms with E-state index in [1.54, 1.807) is 6.07 Å². The van der Waals surface area contributed by atoms with Crippen molar-refractivity contribution in [1.82, 2.24) is 9.97 Å². The lowest BCUT2D eigenvalue weighted by molar-refractivity contribution is 0.112. The van der Waals surface area contributed by atoms with Crippen molar-refractivity contribution >= 4 is 17.3 Å². The fourth-order valence-corrected chi connectivity index (χ4v) is 2.29. The van der Waals surface area contributed by atoms with Gasteiger partial charge in [-0.3, -0.25) is 4.79 Å². The van der Waals surface area contributed by atoms with E-state index in [1.165, 1.54) is 11.1 Å². The van der Waals surface area contributed by atoms with Gasteiger partial charge in [0.25, 0.3) is 0 Å². The van der Waals surface area contributed by atoms with E-state index in [2.05, 4.69) is 41.2 Å². The summed E-state index contributed by atoms with van der Waals surface area (Å²) in [6, 6.07) is 14.1. The lowest BCUT2D eigenvalue weighted by Crippen LogP contribution is -1.93. The molecule has 0 saturated heterocycles. The lowest BCUT2D eigenvalue weighted by Gasteiger charge is -1.99. The second kappa shape index (κ2) is 5.29. The van der Waals surface area contributed by atoms with Crippen molar-refractivity contribution in [3.63, 3.8) is 0 Å². The Morgan fingerprint density at radius 1 is 1.10 bits per heavy atom. The standard InChI is InChI=1S/C17H16N2O/c1-12-2-4-13(5-3-12)7-9-17-18-15-8-6-14(11-20)10-16(15)19-17/h2-6,8,10-11H,7,9H2,1H3,(H,18,19). The highest BCUT2D eigenvalue weighted by Crippen LogP contribution is 2.14. The molecule has 0 aliphatic carbocycles. The molecule has 0 spiro atoms. The molecule has 20 heavy (non-hydrogen) atoms. The zero-order valence-electron chi connectivity index (χ0n) is 11.4. The van der Waals surface area contributed by atoms with E-state index in [1.807, 2.05) is 12.1 Å². The van der Waals surface area contributed by atoms with Crippen molar-refractivity contribution < 1.29 is 4.79 Å². The van der Waals surface area contributed by atoms with Crippen molar-refractivity contribution in [3.8, 4) is 0 Å². The number of carbonyl (C=O) groups is 1. The van der Waals surface area contributed by atoms with E-state index in [-0.39, 0.29) is 0 Å². The van der Waals surface area contributed by atoms with Crippen LogP contribution >= 0.6 is 0 Å². The maximum Gasteiger partial charge on any atom is 0.150 e. The van der Waals surface area contributed by atoms with Gasteiger partial charge in [0, 0.05) is 12.0 Å². The number of imidazole rings is 1. The Kier molecular flexibility index (Phi) is 3.33. The minimum atomic E-state index is 0.672. The Hall–Kier alpha value is -2.42. The van der Waals surface area contributed by atoms with Gasteiger partial charge in [-0.05, 0) is 37.1 Å². The number of nitrogens with one attached hydrogen (secondary N) is 1. The molecular formula is C17H16N2O. The molecular weight excluding hydrogens is 248 g/mol. The van der Waals surface area contributed by atoms with Crippen LogP contribution in [0.3, 0.4) is 0 Å². The molecule has 2 aromatic carbocycles. The SMILES string of the molecule is Cc1ccc(CCc2nc3ccc(C=O)cc3[nH]2)cc1. The van der Waals surface area contributed by atoms with Crippen molar-refractivity contribution in [2.75, 3.05) is 0 Å². The number of benzene rings is 2. The molecule has 3 rings (SSSR count). The van der Waals surface area contributed by atoms with Crippen LogP contribution < -0.4 is 0 Å². The molecule has 0 bridgehead atoms. The number of carbonyl (C=O) groups excluding carboxylic acids is 1. The van der Waals surface area contributed by atoms with E-state index in [4.69, 9.17) is 0 Å². The molecule has 0 aliphatic heterocycles. The number of aromatic amines is 1. The molecule has 0 amide bonds. The van der Waals surface area contributed by atoms with Gasteiger partial charge in [0.05, 0.1) is 11.0 Å². The molecule has 1 aromatic heterocycles. The fraction of sp³-hybridized carbons (Fsp3) is 0.176. The minimum Gasteiger partial charge on any atom is -0.342 e. The zero-order valence-corrected chi connectivity index (χ0v) is 11.4. The summed E-state index contributed by atoms with van der Waals surface area (Å²) in [5.74, 6) is 0.962. The summed E-state index contributed by atoms with van der Waals surface area (Å²) in [7, 11) is 0. The third kappa shape index (κ3) is 2.62. The Morgan fingerprint density at radius 3 is 2.65 bits per heavy atom. The van der Waals surface area contributed by atoms with Crippen LogP contribution in [0.5, 0.6) is 0 Å². The molecule has 0 aliphatic rings. The van der Waals surface area contributed by atoms with E-state index < -0.39 is 0 Å². The first-order valence-corrected chi connectivity index (χ1v) is 6.74. The first-order valence-electron chi connectivity index (χ1n) is 6.74. The van der Waals surface area contributed by atoms with Gasteiger partial charge in [0.15, 0.2) is 0 Å². The van der Waals surface area contributed by atoms with E-state index in [0.717, 1.165) is 36.0 Å². The highest BCUT2D eigenvalue weighted by atomic mass is 16.1. The average molecular weight is 264 g/mol. The number of hydrogen-bond donors (Lipinski definition) is 1. The smallest absolute Gasteiger partial charge is 0.150 e. The molecule has 0 saturated carbocycles. The van der Waals surface area contributed by atoms with Crippen molar-refractivity contribution in [3.05, 3.63) is 65.0 Å². The Morgan fingerprint density at radius 2 is 1.90 bits per heavy atom. The van der Waals surface area contributed by atoms with Gasteiger partial charge >= 0.3 is 0 Å². The number of rotatable bonds is 4. The van der Waals surface area contributed by atoms with E-state index in [9.17, 15) is 4.79 Å². The van der Waals surface area contributed by atoms with Gasteiger partial charge in [-0.25, -0.2) is 4.98 Å². The number of hydrogen-bond acceptors (Lipinski definition) is 2. The van der Waals surface area contributed by atoms with Gasteiger partial charge in [-0.2, -0.15) is 0 Å². The summed E-state index contributed by atoms with van der Waals surface area (Å²) in [6.07, 6.45) is 2.68. The largest absolute Gasteiger partial charge is 0.342 e. The highest BCUT2D eigenvalue weighted by Gasteiger charge is 2.04. The summed E-state index contributed by atoms with van der Waals surface area (Å²) >= 11 is 0. The van der Waals surface area contributed by atoms with Crippen LogP contribution in [-0.4, -0.2) is 16.3 Å². The van der Waals surface area contributed by atoms with Crippen molar-refractivity contribution in [2.24, 2.45) is 0 Å². The fourth-order valence-electron chi connectivity index (χ4n) is 2.29. The monoisotopic (exact) mass is 264 g/mol. The molecule has 3 heteroatoms. The molecule has 100 valence electrons. The Labute approximate surface area is 117 Å². The minimum absolute atomic E-state index is 0.672. The second-order valence-corrected chi connectivity index (χ2v) is 5.06. The van der Waals surface area contributed by atoms with Crippen LogP contribution in [0.4, 0.5) is 0 Å². The third-order valence-electron chi connectivity index (χ3n) is 3.46. The van der Waals surface area contributed by atoms with Crippen molar-refractivity contribution in [1.29, 1.82) is 0 Å². The second-order valence-electron chi connectivity index (χ2n) is 5.06. The quantitative estimate of drug-likeness (QED) is 0.733. The molecule has 0 atom stereocenters. The van der Waals surface area contributed by atoms with E-state index in [0.29, 0.717) is 5.56 Å². The number of fused-ring (bicyclic) bond motifs is 1. The first-order chi connectivity index (χ1) is 9.74. The summed E-state index contributed by atoms with van der Waals surface area (Å²) in [4.78, 5) is 18.6. The normalized spacial score (nSPS) is 10.8. The highest BCUT2D eigenvalue weighted by molar-refractivity contribution is 5.84. The summed E-state index contributed by atoms with van der Waals surface area (Å²) in [5.41, 5.74) is 5.10. The summed E-state index contributed by atoms with van der Waals surface area (Å²) < 4.78 is 0. The molecule has 3 aromatic rings. The number of aromatic nitrogens is 2. The van der Waals surface area contributed by atoms with Crippen LogP contribution in [0.1, 0.15) is 27.3 Å². The Bertz CT molecular complexity index is 741. The lowest BCUT2D eigenvalue weighted by atomic mass is 10.1. The van der Waals surface area contributed by atoms with Gasteiger partial charge in [-0.1, -0.05) is 29.8 Å². The van der Waals surface area contributed by atoms with Crippen LogP contribution in [-0.2, 0) is 12.8 Å². The molecule has 0 fully saturated rings. The molecule has 0 radical (unpaired) electrons. The van der Waals surface area contributed by atoms with Gasteiger partial charge in [-0.15, -0.1) is 0 Å². The van der Waals surface area contributed by atoms with Crippen LogP contribution in [0.15, 0.2) is 42.5 Å². The van der Waals surface area contributed by atoms with Gasteiger partial charge in [0.2, 0.25) is 0 Å². The number of nitrogens with zero attached hydrogens (tertiary/aromatic N) is 1. The maximum atomic E-state index is 10.8.